The molecule has 1 atom stereocenters. The molecule has 2 rings (SSSR count). The highest BCUT2D eigenvalue weighted by atomic mass is 16.5. The second-order valence-electron chi connectivity index (χ2n) is 6.96. The molecule has 1 unspecified atom stereocenters. The first-order valence-electron chi connectivity index (χ1n) is 7.57. The summed E-state index contributed by atoms with van der Waals surface area (Å²) in [7, 11) is 0. The summed E-state index contributed by atoms with van der Waals surface area (Å²) < 4.78 is 5.47. The van der Waals surface area contributed by atoms with E-state index in [1.54, 1.807) is 0 Å². The fraction of sp³-hybridized carbons (Fsp3) is 0.867. The highest BCUT2D eigenvalue weighted by Crippen LogP contribution is 2.73. The SMILES string of the molecule is CCN(CC)CC(N)c1noc(C2C(C)(C)C2(C)C)n1. The molecule has 0 radical (unpaired) electrons. The molecule has 1 fully saturated rings. The number of hydrogen-bond donors (Lipinski definition) is 1. The van der Waals surface area contributed by atoms with Gasteiger partial charge in [-0.05, 0) is 23.9 Å². The van der Waals surface area contributed by atoms with Crippen LogP contribution in [0.25, 0.3) is 0 Å². The van der Waals surface area contributed by atoms with Crippen molar-refractivity contribution < 1.29 is 4.52 Å². The molecule has 0 saturated heterocycles. The van der Waals surface area contributed by atoms with E-state index in [1.165, 1.54) is 0 Å². The van der Waals surface area contributed by atoms with E-state index < -0.39 is 0 Å². The number of aromatic nitrogens is 2. The summed E-state index contributed by atoms with van der Waals surface area (Å²) in [6, 6.07) is -0.183. The number of nitrogens with two attached hydrogens (primary N) is 1. The highest BCUT2D eigenvalue weighted by molar-refractivity contribution is 5.25. The van der Waals surface area contributed by atoms with E-state index in [9.17, 15) is 0 Å². The third-order valence-electron chi connectivity index (χ3n) is 5.41. The molecule has 20 heavy (non-hydrogen) atoms. The molecule has 5 heteroatoms. The quantitative estimate of drug-likeness (QED) is 0.867. The van der Waals surface area contributed by atoms with E-state index in [4.69, 9.17) is 10.3 Å². The Balaban J connectivity index is 2.07. The summed E-state index contributed by atoms with van der Waals surface area (Å²) in [4.78, 5) is 6.83. The lowest BCUT2D eigenvalue weighted by molar-refractivity contribution is 0.277. The third kappa shape index (κ3) is 2.37. The molecule has 2 N–H and O–H groups in total. The van der Waals surface area contributed by atoms with Gasteiger partial charge in [-0.2, -0.15) is 4.98 Å². The van der Waals surface area contributed by atoms with E-state index in [2.05, 4.69) is 56.6 Å². The Kier molecular flexibility index (Phi) is 3.95. The van der Waals surface area contributed by atoms with Crippen LogP contribution in [-0.2, 0) is 0 Å². The van der Waals surface area contributed by atoms with Gasteiger partial charge < -0.3 is 15.2 Å². The van der Waals surface area contributed by atoms with Gasteiger partial charge in [0.05, 0.1) is 6.04 Å². The molecular weight excluding hydrogens is 252 g/mol. The Morgan fingerprint density at radius 1 is 1.20 bits per heavy atom. The van der Waals surface area contributed by atoms with Crippen molar-refractivity contribution in [3.05, 3.63) is 11.7 Å². The fourth-order valence-corrected chi connectivity index (χ4v) is 3.17. The molecule has 0 aromatic carbocycles. The minimum absolute atomic E-state index is 0.183. The topological polar surface area (TPSA) is 68.2 Å². The predicted octanol–water partition coefficient (Wildman–Crippen LogP) is 2.56. The molecule has 1 heterocycles. The van der Waals surface area contributed by atoms with Crippen molar-refractivity contribution in [3.8, 4) is 0 Å². The smallest absolute Gasteiger partial charge is 0.230 e. The molecule has 5 nitrogen and oxygen atoms in total. The van der Waals surface area contributed by atoms with Crippen LogP contribution in [0.2, 0.25) is 0 Å². The Labute approximate surface area is 121 Å². The normalized spacial score (nSPS) is 22.2. The lowest BCUT2D eigenvalue weighted by Gasteiger charge is -2.20. The van der Waals surface area contributed by atoms with E-state index in [-0.39, 0.29) is 16.9 Å². The van der Waals surface area contributed by atoms with Crippen LogP contribution < -0.4 is 5.73 Å². The number of likely N-dealkylation sites (N-methyl/N-ethyl adjacent to an activating group) is 1. The second kappa shape index (κ2) is 5.11. The van der Waals surface area contributed by atoms with Crippen LogP contribution in [-0.4, -0.2) is 34.7 Å². The summed E-state index contributed by atoms with van der Waals surface area (Å²) in [6.07, 6.45) is 0. The molecule has 1 saturated carbocycles. The molecule has 1 aliphatic rings. The molecule has 114 valence electrons. The molecule has 0 amide bonds. The number of nitrogens with zero attached hydrogens (tertiary/aromatic N) is 3. The second-order valence-corrected chi connectivity index (χ2v) is 6.96. The monoisotopic (exact) mass is 280 g/mol. The van der Waals surface area contributed by atoms with Crippen molar-refractivity contribution in [2.45, 2.75) is 53.5 Å². The van der Waals surface area contributed by atoms with Crippen molar-refractivity contribution in [1.29, 1.82) is 0 Å². The Morgan fingerprint density at radius 3 is 2.20 bits per heavy atom. The first-order valence-corrected chi connectivity index (χ1v) is 7.57. The molecular formula is C15H28N4O. The van der Waals surface area contributed by atoms with Crippen molar-refractivity contribution in [1.82, 2.24) is 15.0 Å². The van der Waals surface area contributed by atoms with Crippen LogP contribution in [0.3, 0.4) is 0 Å². The summed E-state index contributed by atoms with van der Waals surface area (Å²) >= 11 is 0. The Bertz CT molecular complexity index is 448. The molecule has 1 aromatic rings. The highest BCUT2D eigenvalue weighted by Gasteiger charge is 2.68. The van der Waals surface area contributed by atoms with Gasteiger partial charge >= 0.3 is 0 Å². The van der Waals surface area contributed by atoms with E-state index in [1.807, 2.05) is 0 Å². The molecule has 1 aliphatic carbocycles. The lowest BCUT2D eigenvalue weighted by Crippen LogP contribution is -2.32. The van der Waals surface area contributed by atoms with Gasteiger partial charge in [-0.15, -0.1) is 0 Å². The van der Waals surface area contributed by atoms with Crippen molar-refractivity contribution >= 4 is 0 Å². The lowest BCUT2D eigenvalue weighted by atomic mass is 10.0. The minimum atomic E-state index is -0.183. The van der Waals surface area contributed by atoms with Crippen LogP contribution in [0.5, 0.6) is 0 Å². The minimum Gasteiger partial charge on any atom is -0.339 e. The van der Waals surface area contributed by atoms with Gasteiger partial charge in [0.1, 0.15) is 0 Å². The fourth-order valence-electron chi connectivity index (χ4n) is 3.17. The van der Waals surface area contributed by atoms with E-state index in [0.717, 1.165) is 25.5 Å². The summed E-state index contributed by atoms with van der Waals surface area (Å²) in [5.41, 5.74) is 6.61. The van der Waals surface area contributed by atoms with Gasteiger partial charge in [-0.3, -0.25) is 0 Å². The van der Waals surface area contributed by atoms with Crippen LogP contribution >= 0.6 is 0 Å². The summed E-state index contributed by atoms with van der Waals surface area (Å²) in [6.45, 7) is 16.0. The first kappa shape index (κ1) is 15.4. The molecule has 1 aromatic heterocycles. The zero-order valence-corrected chi connectivity index (χ0v) is 13.6. The average molecular weight is 280 g/mol. The summed E-state index contributed by atoms with van der Waals surface area (Å²) in [5.74, 6) is 1.70. The van der Waals surface area contributed by atoms with E-state index in [0.29, 0.717) is 11.7 Å². The van der Waals surface area contributed by atoms with Gasteiger partial charge in [0, 0.05) is 12.5 Å². The van der Waals surface area contributed by atoms with Crippen molar-refractivity contribution in [3.63, 3.8) is 0 Å². The van der Waals surface area contributed by atoms with E-state index >= 15 is 0 Å². The molecule has 0 spiro atoms. The van der Waals surface area contributed by atoms with Gasteiger partial charge in [-0.25, -0.2) is 0 Å². The molecule has 0 bridgehead atoms. The Hall–Kier alpha value is -0.940. The predicted molar refractivity (Wildman–Crippen MR) is 79.3 cm³/mol. The largest absolute Gasteiger partial charge is 0.339 e. The number of rotatable bonds is 6. The van der Waals surface area contributed by atoms with Crippen LogP contribution in [0.4, 0.5) is 0 Å². The van der Waals surface area contributed by atoms with Crippen LogP contribution in [0, 0.1) is 10.8 Å². The third-order valence-corrected chi connectivity index (χ3v) is 5.41. The van der Waals surface area contributed by atoms with Gasteiger partial charge in [0.2, 0.25) is 5.89 Å². The molecule has 0 aliphatic heterocycles. The van der Waals surface area contributed by atoms with Crippen molar-refractivity contribution in [2.75, 3.05) is 19.6 Å². The maximum absolute atomic E-state index is 6.19. The Morgan fingerprint density at radius 2 is 1.75 bits per heavy atom. The van der Waals surface area contributed by atoms with Crippen LogP contribution in [0.1, 0.15) is 65.2 Å². The maximum Gasteiger partial charge on any atom is 0.230 e. The number of hydrogen-bond acceptors (Lipinski definition) is 5. The van der Waals surface area contributed by atoms with Crippen LogP contribution in [0.15, 0.2) is 4.52 Å². The van der Waals surface area contributed by atoms with Crippen molar-refractivity contribution in [2.24, 2.45) is 16.6 Å². The zero-order valence-electron chi connectivity index (χ0n) is 13.6. The van der Waals surface area contributed by atoms with Gasteiger partial charge in [0.25, 0.3) is 0 Å². The average Bonchev–Trinajstić information content (AvgIpc) is 2.75. The van der Waals surface area contributed by atoms with Gasteiger partial charge in [0.15, 0.2) is 5.82 Å². The van der Waals surface area contributed by atoms with Gasteiger partial charge in [-0.1, -0.05) is 46.7 Å². The zero-order chi connectivity index (χ0) is 15.1. The summed E-state index contributed by atoms with van der Waals surface area (Å²) in [5, 5.41) is 4.09. The first-order chi connectivity index (χ1) is 9.25. The maximum atomic E-state index is 6.19. The standard InChI is InChI=1S/C15H28N4O/c1-7-19(8-2)9-10(16)12-17-13(20-18-12)11-14(3,4)15(11,5)6/h10-11H,7-9,16H2,1-6H3.